The third-order valence-corrected chi connectivity index (χ3v) is 6.52. The summed E-state index contributed by atoms with van der Waals surface area (Å²) in [5.41, 5.74) is 1.79. The Morgan fingerprint density at radius 1 is 1.12 bits per heavy atom. The highest BCUT2D eigenvalue weighted by Crippen LogP contribution is 2.22. The minimum atomic E-state index is -0.573. The van der Waals surface area contributed by atoms with Gasteiger partial charge < -0.3 is 19.7 Å². The molecule has 0 radical (unpaired) electrons. The Kier molecular flexibility index (Phi) is 9.01. The third-order valence-electron chi connectivity index (χ3n) is 6.09. The standard InChI is InChI=1S/C26H33ClN2O4/c1-4-24(26(31)28-20-7-5-6-8-20)29(16-19-9-11-21(32-3)12-10-19)25(30)17-33-22-13-14-23(27)18(2)15-22/h9-15,20,24H,4-8,16-17H2,1-3H3,(H,28,31). The summed E-state index contributed by atoms with van der Waals surface area (Å²) in [6, 6.07) is 12.4. The first kappa shape index (κ1) is 24.9. The molecule has 0 heterocycles. The first-order valence-corrected chi connectivity index (χ1v) is 11.9. The van der Waals surface area contributed by atoms with Crippen molar-refractivity contribution in [2.45, 2.75) is 64.6 Å². The molecular weight excluding hydrogens is 440 g/mol. The minimum absolute atomic E-state index is 0.103. The molecule has 7 heteroatoms. The van der Waals surface area contributed by atoms with Crippen LogP contribution in [-0.2, 0) is 16.1 Å². The van der Waals surface area contributed by atoms with Crippen molar-refractivity contribution in [1.29, 1.82) is 0 Å². The summed E-state index contributed by atoms with van der Waals surface area (Å²) in [5.74, 6) is 0.961. The van der Waals surface area contributed by atoms with Crippen molar-refractivity contribution in [3.63, 3.8) is 0 Å². The van der Waals surface area contributed by atoms with Crippen LogP contribution in [0.2, 0.25) is 5.02 Å². The van der Waals surface area contributed by atoms with Gasteiger partial charge in [-0.2, -0.15) is 0 Å². The van der Waals surface area contributed by atoms with Crippen LogP contribution in [0.3, 0.4) is 0 Å². The van der Waals surface area contributed by atoms with E-state index in [-0.39, 0.29) is 24.5 Å². The molecule has 178 valence electrons. The summed E-state index contributed by atoms with van der Waals surface area (Å²) >= 11 is 6.09. The van der Waals surface area contributed by atoms with E-state index in [1.165, 1.54) is 0 Å². The van der Waals surface area contributed by atoms with Gasteiger partial charge in [0.15, 0.2) is 6.61 Å². The molecule has 2 aromatic rings. The summed E-state index contributed by atoms with van der Waals surface area (Å²) in [5, 5.41) is 3.79. The molecule has 0 spiro atoms. The molecule has 0 aromatic heterocycles. The fourth-order valence-corrected chi connectivity index (χ4v) is 4.27. The van der Waals surface area contributed by atoms with E-state index < -0.39 is 6.04 Å². The molecule has 1 fully saturated rings. The van der Waals surface area contributed by atoms with Crippen LogP contribution >= 0.6 is 11.6 Å². The van der Waals surface area contributed by atoms with Crippen LogP contribution in [0.4, 0.5) is 0 Å². The van der Waals surface area contributed by atoms with E-state index in [4.69, 9.17) is 21.1 Å². The lowest BCUT2D eigenvalue weighted by Gasteiger charge is -2.31. The highest BCUT2D eigenvalue weighted by Gasteiger charge is 2.30. The van der Waals surface area contributed by atoms with Gasteiger partial charge in [0.25, 0.3) is 5.91 Å². The van der Waals surface area contributed by atoms with E-state index in [1.807, 2.05) is 38.1 Å². The number of nitrogens with one attached hydrogen (secondary N) is 1. The number of halogens is 1. The third kappa shape index (κ3) is 6.87. The van der Waals surface area contributed by atoms with Crippen LogP contribution in [0, 0.1) is 6.92 Å². The van der Waals surface area contributed by atoms with E-state index in [9.17, 15) is 9.59 Å². The van der Waals surface area contributed by atoms with E-state index in [0.29, 0.717) is 23.7 Å². The lowest BCUT2D eigenvalue weighted by Crippen LogP contribution is -2.52. The van der Waals surface area contributed by atoms with Crippen LogP contribution in [0.15, 0.2) is 42.5 Å². The average molecular weight is 473 g/mol. The molecule has 1 aliphatic rings. The molecule has 0 bridgehead atoms. The Balaban J connectivity index is 1.76. The van der Waals surface area contributed by atoms with Gasteiger partial charge in [0.05, 0.1) is 7.11 Å². The van der Waals surface area contributed by atoms with Crippen molar-refractivity contribution < 1.29 is 19.1 Å². The molecule has 0 aliphatic heterocycles. The molecule has 2 amide bonds. The first-order chi connectivity index (χ1) is 15.9. The lowest BCUT2D eigenvalue weighted by molar-refractivity contribution is -0.143. The van der Waals surface area contributed by atoms with Gasteiger partial charge in [-0.1, -0.05) is 43.5 Å². The molecule has 1 saturated carbocycles. The fraction of sp³-hybridized carbons (Fsp3) is 0.462. The lowest BCUT2D eigenvalue weighted by atomic mass is 10.1. The number of aryl methyl sites for hydroxylation is 1. The molecule has 1 N–H and O–H groups in total. The maximum atomic E-state index is 13.3. The van der Waals surface area contributed by atoms with Crippen molar-refractivity contribution in [2.75, 3.05) is 13.7 Å². The van der Waals surface area contributed by atoms with Crippen LogP contribution < -0.4 is 14.8 Å². The fourth-order valence-electron chi connectivity index (χ4n) is 4.15. The van der Waals surface area contributed by atoms with Gasteiger partial charge in [0.2, 0.25) is 5.91 Å². The van der Waals surface area contributed by atoms with Crippen LogP contribution in [0.25, 0.3) is 0 Å². The van der Waals surface area contributed by atoms with Crippen molar-refractivity contribution in [1.82, 2.24) is 10.2 Å². The maximum absolute atomic E-state index is 13.3. The van der Waals surface area contributed by atoms with Gasteiger partial charge in [-0.15, -0.1) is 0 Å². The zero-order valence-corrected chi connectivity index (χ0v) is 20.4. The smallest absolute Gasteiger partial charge is 0.261 e. The summed E-state index contributed by atoms with van der Waals surface area (Å²) in [6.45, 7) is 3.96. The monoisotopic (exact) mass is 472 g/mol. The number of hydrogen-bond donors (Lipinski definition) is 1. The number of amides is 2. The molecule has 6 nitrogen and oxygen atoms in total. The summed E-state index contributed by atoms with van der Waals surface area (Å²) in [4.78, 5) is 28.1. The van der Waals surface area contributed by atoms with Crippen LogP contribution in [-0.4, -0.2) is 42.5 Å². The van der Waals surface area contributed by atoms with Crippen LogP contribution in [0.1, 0.15) is 50.2 Å². The second kappa shape index (κ2) is 11.9. The van der Waals surface area contributed by atoms with Gasteiger partial charge in [-0.25, -0.2) is 0 Å². The Hall–Kier alpha value is -2.73. The number of rotatable bonds is 10. The highest BCUT2D eigenvalue weighted by atomic mass is 35.5. The van der Waals surface area contributed by atoms with Gasteiger partial charge >= 0.3 is 0 Å². The number of hydrogen-bond acceptors (Lipinski definition) is 4. The largest absolute Gasteiger partial charge is 0.497 e. The highest BCUT2D eigenvalue weighted by molar-refractivity contribution is 6.31. The number of benzene rings is 2. The molecule has 0 saturated heterocycles. The van der Waals surface area contributed by atoms with Crippen molar-refractivity contribution in [2.24, 2.45) is 0 Å². The van der Waals surface area contributed by atoms with Gasteiger partial charge in [-0.05, 0) is 67.6 Å². The topological polar surface area (TPSA) is 67.9 Å². The second-order valence-electron chi connectivity index (χ2n) is 8.48. The number of carbonyl (C=O) groups excluding carboxylic acids is 2. The maximum Gasteiger partial charge on any atom is 0.261 e. The van der Waals surface area contributed by atoms with Crippen molar-refractivity contribution >= 4 is 23.4 Å². The summed E-state index contributed by atoms with van der Waals surface area (Å²) in [7, 11) is 1.61. The molecule has 2 aromatic carbocycles. The van der Waals surface area contributed by atoms with E-state index in [0.717, 1.165) is 42.6 Å². The number of nitrogens with zero attached hydrogens (tertiary/aromatic N) is 1. The van der Waals surface area contributed by atoms with Gasteiger partial charge in [0, 0.05) is 17.6 Å². The molecule has 1 unspecified atom stereocenters. The van der Waals surface area contributed by atoms with Gasteiger partial charge in [0.1, 0.15) is 17.5 Å². The molecule has 1 aliphatic carbocycles. The average Bonchev–Trinajstić information content (AvgIpc) is 3.33. The zero-order valence-electron chi connectivity index (χ0n) is 19.6. The van der Waals surface area contributed by atoms with E-state index in [2.05, 4.69) is 5.32 Å². The van der Waals surface area contributed by atoms with Gasteiger partial charge in [-0.3, -0.25) is 9.59 Å². The van der Waals surface area contributed by atoms with Crippen molar-refractivity contribution in [3.05, 3.63) is 58.6 Å². The number of ether oxygens (including phenoxy) is 2. The van der Waals surface area contributed by atoms with E-state index in [1.54, 1.807) is 30.2 Å². The normalized spacial score (nSPS) is 14.5. The van der Waals surface area contributed by atoms with Crippen LogP contribution in [0.5, 0.6) is 11.5 Å². The molecular formula is C26H33ClN2O4. The Morgan fingerprint density at radius 2 is 1.79 bits per heavy atom. The SMILES string of the molecule is CCC(C(=O)NC1CCCC1)N(Cc1ccc(OC)cc1)C(=O)COc1ccc(Cl)c(C)c1. The zero-order chi connectivity index (χ0) is 23.8. The predicted molar refractivity (Wildman–Crippen MR) is 130 cm³/mol. The molecule has 33 heavy (non-hydrogen) atoms. The van der Waals surface area contributed by atoms with E-state index >= 15 is 0 Å². The summed E-state index contributed by atoms with van der Waals surface area (Å²) < 4.78 is 11.0. The Morgan fingerprint density at radius 3 is 2.39 bits per heavy atom. The van der Waals surface area contributed by atoms with Crippen molar-refractivity contribution in [3.8, 4) is 11.5 Å². The molecule has 1 atom stereocenters. The summed E-state index contributed by atoms with van der Waals surface area (Å²) in [6.07, 6.45) is 4.76. The predicted octanol–water partition coefficient (Wildman–Crippen LogP) is 4.90. The molecule has 3 rings (SSSR count). The minimum Gasteiger partial charge on any atom is -0.497 e. The number of carbonyl (C=O) groups is 2. The number of methoxy groups -OCH3 is 1. The quantitative estimate of drug-likeness (QED) is 0.534. The Labute approximate surface area is 201 Å². The Bertz CT molecular complexity index is 942. The second-order valence-corrected chi connectivity index (χ2v) is 8.89. The first-order valence-electron chi connectivity index (χ1n) is 11.5.